The van der Waals surface area contributed by atoms with Crippen molar-refractivity contribution in [2.24, 2.45) is 0 Å². The molecule has 1 fully saturated rings. The first-order valence-corrected chi connectivity index (χ1v) is 3.16. The van der Waals surface area contributed by atoms with Crippen molar-refractivity contribution in [1.82, 2.24) is 0 Å². The van der Waals surface area contributed by atoms with Gasteiger partial charge in [-0.15, -0.1) is 0 Å². The molecule has 1 aliphatic heterocycles. The summed E-state index contributed by atoms with van der Waals surface area (Å²) < 4.78 is 12.7. The normalized spacial score (nSPS) is 26.2. The molecule has 0 unspecified atom stereocenters. The van der Waals surface area contributed by atoms with E-state index in [0.29, 0.717) is 4.48 Å². The Kier molecular flexibility index (Phi) is 1.52. The van der Waals surface area contributed by atoms with E-state index in [4.69, 9.17) is 0 Å². The summed E-state index contributed by atoms with van der Waals surface area (Å²) in [6.45, 7) is 1.90. The summed E-state index contributed by atoms with van der Waals surface area (Å²) in [5.41, 5.74) is 0. The first-order valence-electron chi connectivity index (χ1n) is 3.16. The summed E-state index contributed by atoms with van der Waals surface area (Å²) in [7, 11) is 1.98. The van der Waals surface area contributed by atoms with Crippen LogP contribution in [0.1, 0.15) is 12.8 Å². The topological polar surface area (TPSA) is 0 Å². The monoisotopic (exact) mass is 118 g/mol. The Hall–Kier alpha value is -0.110. The average Bonchev–Trinajstić information content (AvgIpc) is 2.17. The fraction of sp³-hybridized carbons (Fsp3) is 1.00. The van der Waals surface area contributed by atoms with Crippen LogP contribution in [0.2, 0.25) is 0 Å². The summed E-state index contributed by atoms with van der Waals surface area (Å²) in [5, 5.41) is 0. The van der Waals surface area contributed by atoms with Crippen LogP contribution in [0.5, 0.6) is 0 Å². The van der Waals surface area contributed by atoms with E-state index in [2.05, 4.69) is 0 Å². The minimum absolute atomic E-state index is 0.181. The maximum atomic E-state index is 12.1. The molecule has 2 heteroatoms. The number of nitrogens with zero attached hydrogens (tertiary/aromatic N) is 1. The first-order chi connectivity index (χ1) is 3.77. The van der Waals surface area contributed by atoms with Gasteiger partial charge in [0, 0.05) is 12.8 Å². The third-order valence-corrected chi connectivity index (χ3v) is 1.93. The molecule has 0 aromatic heterocycles. The Morgan fingerprint density at radius 1 is 1.38 bits per heavy atom. The van der Waals surface area contributed by atoms with Gasteiger partial charge in [-0.3, -0.25) is 4.48 Å². The summed E-state index contributed by atoms with van der Waals surface area (Å²) >= 11 is 0. The van der Waals surface area contributed by atoms with E-state index < -0.39 is 0 Å². The molecule has 0 amide bonds. The Morgan fingerprint density at radius 3 is 2.12 bits per heavy atom. The van der Waals surface area contributed by atoms with Crippen LogP contribution in [0, 0.1) is 0 Å². The Bertz CT molecular complexity index is 76.6. The number of halogens is 1. The van der Waals surface area contributed by atoms with Crippen LogP contribution in [0.15, 0.2) is 0 Å². The van der Waals surface area contributed by atoms with Gasteiger partial charge in [-0.1, -0.05) is 0 Å². The van der Waals surface area contributed by atoms with Crippen LogP contribution in [0.3, 0.4) is 0 Å². The lowest BCUT2D eigenvalue weighted by atomic mass is 10.4. The zero-order valence-electron chi connectivity index (χ0n) is 5.36. The highest BCUT2D eigenvalue weighted by Crippen LogP contribution is 2.15. The molecule has 0 radical (unpaired) electrons. The summed E-state index contributed by atoms with van der Waals surface area (Å²) in [6, 6.07) is 0. The zero-order valence-corrected chi connectivity index (χ0v) is 5.36. The Morgan fingerprint density at radius 2 is 1.88 bits per heavy atom. The first kappa shape index (κ1) is 6.02. The molecule has 0 aromatic rings. The quantitative estimate of drug-likeness (QED) is 0.358. The second-order valence-electron chi connectivity index (χ2n) is 2.89. The van der Waals surface area contributed by atoms with Gasteiger partial charge in [0.05, 0.1) is 20.1 Å². The van der Waals surface area contributed by atoms with E-state index in [-0.39, 0.29) is 6.80 Å². The molecule has 48 valence electrons. The number of hydrogen-bond acceptors (Lipinski definition) is 0. The maximum Gasteiger partial charge on any atom is 0.221 e. The maximum absolute atomic E-state index is 12.1. The predicted octanol–water partition coefficient (Wildman–Crippen LogP) is 1.15. The van der Waals surface area contributed by atoms with Gasteiger partial charge in [-0.25, -0.2) is 0 Å². The second kappa shape index (κ2) is 2.02. The summed E-state index contributed by atoms with van der Waals surface area (Å²) in [5.74, 6) is 0. The number of rotatable bonds is 1. The van der Waals surface area contributed by atoms with E-state index in [1.165, 1.54) is 12.8 Å². The molecule has 1 saturated heterocycles. The van der Waals surface area contributed by atoms with Gasteiger partial charge >= 0.3 is 0 Å². The predicted molar refractivity (Wildman–Crippen MR) is 31.1 cm³/mol. The van der Waals surface area contributed by atoms with Crippen molar-refractivity contribution < 1.29 is 8.87 Å². The van der Waals surface area contributed by atoms with Gasteiger partial charge in [-0.2, -0.15) is 4.39 Å². The van der Waals surface area contributed by atoms with Gasteiger partial charge in [0.1, 0.15) is 0 Å². The minimum atomic E-state index is -0.181. The lowest BCUT2D eigenvalue weighted by Gasteiger charge is -2.24. The molecule has 0 N–H and O–H groups in total. The molecule has 0 spiro atoms. The SMILES string of the molecule is C[N+]1(CF)CCCC1. The van der Waals surface area contributed by atoms with Crippen molar-refractivity contribution in [2.45, 2.75) is 12.8 Å². The van der Waals surface area contributed by atoms with Crippen LogP contribution in [0.25, 0.3) is 0 Å². The van der Waals surface area contributed by atoms with Gasteiger partial charge in [0.2, 0.25) is 6.80 Å². The number of likely N-dealkylation sites (tertiary alicyclic amines) is 1. The van der Waals surface area contributed by atoms with E-state index >= 15 is 0 Å². The number of hydrogen-bond donors (Lipinski definition) is 0. The highest BCUT2D eigenvalue weighted by atomic mass is 19.1. The van der Waals surface area contributed by atoms with E-state index in [0.717, 1.165) is 13.1 Å². The van der Waals surface area contributed by atoms with Gasteiger partial charge in [0.25, 0.3) is 0 Å². The highest BCUT2D eigenvalue weighted by molar-refractivity contribution is 4.47. The lowest BCUT2D eigenvalue weighted by molar-refractivity contribution is -0.909. The standard InChI is InChI=1S/C6H13FN/c1-8(6-7)4-2-3-5-8/h2-6H2,1H3/q+1. The van der Waals surface area contributed by atoms with Crippen LogP contribution >= 0.6 is 0 Å². The summed E-state index contributed by atoms with van der Waals surface area (Å²) in [6.07, 6.45) is 2.42. The van der Waals surface area contributed by atoms with Gasteiger partial charge in [0.15, 0.2) is 0 Å². The van der Waals surface area contributed by atoms with Crippen LogP contribution in [-0.4, -0.2) is 31.4 Å². The van der Waals surface area contributed by atoms with Crippen LogP contribution in [0.4, 0.5) is 4.39 Å². The molecule has 8 heavy (non-hydrogen) atoms. The lowest BCUT2D eigenvalue weighted by Crippen LogP contribution is -2.39. The molecule has 0 saturated carbocycles. The van der Waals surface area contributed by atoms with Crippen molar-refractivity contribution >= 4 is 0 Å². The third kappa shape index (κ3) is 0.996. The van der Waals surface area contributed by atoms with Crippen molar-refractivity contribution in [3.63, 3.8) is 0 Å². The average molecular weight is 118 g/mol. The highest BCUT2D eigenvalue weighted by Gasteiger charge is 2.25. The molecular formula is C6H13FN+. The number of quaternary nitrogens is 1. The van der Waals surface area contributed by atoms with E-state index in [9.17, 15) is 4.39 Å². The molecule has 1 nitrogen and oxygen atoms in total. The third-order valence-electron chi connectivity index (χ3n) is 1.93. The van der Waals surface area contributed by atoms with Crippen LogP contribution in [-0.2, 0) is 0 Å². The van der Waals surface area contributed by atoms with Gasteiger partial charge in [-0.05, 0) is 0 Å². The molecule has 0 bridgehead atoms. The van der Waals surface area contributed by atoms with Gasteiger partial charge < -0.3 is 0 Å². The smallest absolute Gasteiger partial charge is 0.221 e. The number of alkyl halides is 1. The van der Waals surface area contributed by atoms with E-state index in [1.54, 1.807) is 0 Å². The Balaban J connectivity index is 2.40. The zero-order chi connectivity index (χ0) is 6.04. The van der Waals surface area contributed by atoms with Crippen molar-refractivity contribution in [3.8, 4) is 0 Å². The molecule has 1 rings (SSSR count). The van der Waals surface area contributed by atoms with E-state index in [1.807, 2.05) is 7.05 Å². The molecular weight excluding hydrogens is 105 g/mol. The fourth-order valence-electron chi connectivity index (χ4n) is 1.22. The minimum Gasteiger partial charge on any atom is -0.300 e. The molecule has 1 heterocycles. The molecule has 0 atom stereocenters. The van der Waals surface area contributed by atoms with Crippen molar-refractivity contribution in [2.75, 3.05) is 26.9 Å². The van der Waals surface area contributed by atoms with Crippen molar-refractivity contribution in [1.29, 1.82) is 0 Å². The Labute approximate surface area is 49.7 Å². The fourth-order valence-corrected chi connectivity index (χ4v) is 1.22. The molecule has 1 aliphatic rings. The molecule has 0 aliphatic carbocycles. The largest absolute Gasteiger partial charge is 0.300 e. The molecule has 0 aromatic carbocycles. The summed E-state index contributed by atoms with van der Waals surface area (Å²) in [4.78, 5) is 0. The van der Waals surface area contributed by atoms with Crippen molar-refractivity contribution in [3.05, 3.63) is 0 Å². The van der Waals surface area contributed by atoms with Crippen LogP contribution < -0.4 is 0 Å². The second-order valence-corrected chi connectivity index (χ2v) is 2.89.